The first-order chi connectivity index (χ1) is 12.6. The number of carbonyl (C=O) groups excluding carboxylic acids is 1. The van der Waals surface area contributed by atoms with Gasteiger partial charge in [-0.25, -0.2) is 22.2 Å². The quantitative estimate of drug-likeness (QED) is 0.728. The zero-order valence-electron chi connectivity index (χ0n) is 13.4. The minimum atomic E-state index is -4.42. The Morgan fingerprint density at radius 3 is 2.56 bits per heavy atom. The summed E-state index contributed by atoms with van der Waals surface area (Å²) in [5.74, 6) is -4.22. The first-order valence-corrected chi connectivity index (χ1v) is 8.90. The van der Waals surface area contributed by atoms with Gasteiger partial charge in [-0.1, -0.05) is 0 Å². The maximum absolute atomic E-state index is 14.9. The molecule has 1 aromatic heterocycles. The van der Waals surface area contributed by atoms with E-state index in [1.54, 1.807) is 4.72 Å². The molecule has 0 saturated carbocycles. The van der Waals surface area contributed by atoms with Gasteiger partial charge in [-0.3, -0.25) is 9.48 Å². The van der Waals surface area contributed by atoms with Crippen LogP contribution < -0.4 is 9.03 Å². The van der Waals surface area contributed by atoms with E-state index in [1.165, 1.54) is 0 Å². The van der Waals surface area contributed by atoms with Crippen molar-refractivity contribution in [2.45, 2.75) is 19.4 Å². The van der Waals surface area contributed by atoms with Crippen LogP contribution in [0.4, 0.5) is 23.2 Å². The number of phenolic OH excluding ortho intramolecular Hbond substituents is 1. The lowest BCUT2D eigenvalue weighted by Crippen LogP contribution is -2.30. The number of hydrogen-bond acceptors (Lipinski definition) is 5. The fourth-order valence-electron chi connectivity index (χ4n) is 2.57. The summed E-state index contributed by atoms with van der Waals surface area (Å²) in [6, 6.07) is 1.89. The maximum atomic E-state index is 14.9. The van der Waals surface area contributed by atoms with E-state index in [4.69, 9.17) is 0 Å². The summed E-state index contributed by atoms with van der Waals surface area (Å²) < 4.78 is 80.1. The summed E-state index contributed by atoms with van der Waals surface area (Å²) in [6.07, 6.45) is -2.24. The van der Waals surface area contributed by atoms with Crippen molar-refractivity contribution in [3.63, 3.8) is 0 Å². The number of aromatic nitrogens is 2. The topological polar surface area (TPSA) is 105 Å². The van der Waals surface area contributed by atoms with Crippen LogP contribution in [0.2, 0.25) is 0 Å². The molecular weight excluding hydrogens is 396 g/mol. The molecule has 1 saturated heterocycles. The predicted molar refractivity (Wildman–Crippen MR) is 84.3 cm³/mol. The lowest BCUT2D eigenvalue weighted by Gasteiger charge is -2.18. The molecule has 0 spiro atoms. The van der Waals surface area contributed by atoms with Crippen LogP contribution in [0.3, 0.4) is 0 Å². The van der Waals surface area contributed by atoms with Crippen LogP contribution in [-0.2, 0) is 21.5 Å². The predicted octanol–water partition coefficient (Wildman–Crippen LogP) is 1.37. The standard InChI is InChI=1S/C14H12F4N4O4S/c15-10(16)3-4-21-5-8(14(18)19-21)7-1-2-9(23)13(12(7)17)22-6-11(24)20-27(22,25)26/h1-2,5,10,23H,3-4,6H2,(H,20,24). The minimum absolute atomic E-state index is 0.308. The lowest BCUT2D eigenvalue weighted by atomic mass is 10.1. The van der Waals surface area contributed by atoms with Crippen LogP contribution in [0.25, 0.3) is 11.1 Å². The van der Waals surface area contributed by atoms with E-state index in [-0.39, 0.29) is 6.54 Å². The first kappa shape index (κ1) is 18.9. The third-order valence-corrected chi connectivity index (χ3v) is 5.13. The largest absolute Gasteiger partial charge is 0.506 e. The molecule has 27 heavy (non-hydrogen) atoms. The van der Waals surface area contributed by atoms with Gasteiger partial charge < -0.3 is 5.11 Å². The van der Waals surface area contributed by atoms with Crippen molar-refractivity contribution in [1.82, 2.24) is 14.5 Å². The highest BCUT2D eigenvalue weighted by Gasteiger charge is 2.38. The number of aryl methyl sites for hydroxylation is 1. The van der Waals surface area contributed by atoms with E-state index in [2.05, 4.69) is 5.10 Å². The number of rotatable bonds is 5. The molecule has 146 valence electrons. The van der Waals surface area contributed by atoms with Gasteiger partial charge in [0.2, 0.25) is 12.4 Å². The first-order valence-electron chi connectivity index (χ1n) is 7.46. The third kappa shape index (κ3) is 3.54. The van der Waals surface area contributed by atoms with Gasteiger partial charge in [0.1, 0.15) is 18.0 Å². The van der Waals surface area contributed by atoms with Crippen LogP contribution >= 0.6 is 0 Å². The van der Waals surface area contributed by atoms with Crippen molar-refractivity contribution in [2.75, 3.05) is 10.8 Å². The van der Waals surface area contributed by atoms with E-state index in [1.807, 2.05) is 0 Å². The fraction of sp³-hybridized carbons (Fsp3) is 0.286. The molecule has 0 aliphatic carbocycles. The average Bonchev–Trinajstić information content (AvgIpc) is 3.04. The Morgan fingerprint density at radius 1 is 1.26 bits per heavy atom. The number of anilines is 1. The van der Waals surface area contributed by atoms with Gasteiger partial charge in [-0.15, -0.1) is 5.10 Å². The molecule has 1 aliphatic heterocycles. The minimum Gasteiger partial charge on any atom is -0.506 e. The molecule has 0 bridgehead atoms. The van der Waals surface area contributed by atoms with Gasteiger partial charge in [0, 0.05) is 24.7 Å². The number of phenols is 1. The molecule has 1 aliphatic rings. The highest BCUT2D eigenvalue weighted by Crippen LogP contribution is 2.39. The second kappa shape index (κ2) is 6.72. The summed E-state index contributed by atoms with van der Waals surface area (Å²) in [6.45, 7) is -1.09. The monoisotopic (exact) mass is 408 g/mol. The van der Waals surface area contributed by atoms with Crippen molar-refractivity contribution in [3.8, 4) is 16.9 Å². The Labute approximate surface area is 150 Å². The Bertz CT molecular complexity index is 1010. The summed E-state index contributed by atoms with van der Waals surface area (Å²) in [7, 11) is -4.42. The maximum Gasteiger partial charge on any atom is 0.326 e. The summed E-state index contributed by atoms with van der Waals surface area (Å²) in [5.41, 5.74) is -1.72. The highest BCUT2D eigenvalue weighted by molar-refractivity contribution is 7.92. The van der Waals surface area contributed by atoms with Crippen LogP contribution in [0, 0.1) is 11.8 Å². The average molecular weight is 408 g/mol. The number of amides is 1. The summed E-state index contributed by atoms with van der Waals surface area (Å²) in [4.78, 5) is 11.3. The van der Waals surface area contributed by atoms with Crippen molar-refractivity contribution in [1.29, 1.82) is 0 Å². The number of nitrogens with zero attached hydrogens (tertiary/aromatic N) is 3. The molecule has 2 heterocycles. The number of halogens is 4. The lowest BCUT2D eigenvalue weighted by molar-refractivity contribution is -0.117. The smallest absolute Gasteiger partial charge is 0.326 e. The molecule has 2 aromatic rings. The van der Waals surface area contributed by atoms with E-state index < -0.39 is 69.8 Å². The second-order valence-electron chi connectivity index (χ2n) is 5.61. The summed E-state index contributed by atoms with van der Waals surface area (Å²) >= 11 is 0. The van der Waals surface area contributed by atoms with Gasteiger partial charge in [-0.05, 0) is 12.1 Å². The van der Waals surface area contributed by atoms with Gasteiger partial charge in [0.05, 0.1) is 5.56 Å². The SMILES string of the molecule is O=C1CN(c2c(O)ccc(-c3cn(CCC(F)F)nc3F)c2F)S(=O)(=O)N1. The van der Waals surface area contributed by atoms with E-state index in [0.29, 0.717) is 4.31 Å². The van der Waals surface area contributed by atoms with Crippen molar-refractivity contribution in [3.05, 3.63) is 30.1 Å². The third-order valence-electron chi connectivity index (χ3n) is 3.75. The summed E-state index contributed by atoms with van der Waals surface area (Å²) in [5, 5.41) is 13.3. The zero-order chi connectivity index (χ0) is 19.9. The van der Waals surface area contributed by atoms with E-state index >= 15 is 0 Å². The number of alkyl halides is 2. The number of benzene rings is 1. The van der Waals surface area contributed by atoms with E-state index in [9.17, 15) is 35.9 Å². The zero-order valence-corrected chi connectivity index (χ0v) is 14.2. The number of nitrogens with one attached hydrogen (secondary N) is 1. The number of aromatic hydroxyl groups is 1. The molecule has 1 fully saturated rings. The Kier molecular flexibility index (Phi) is 4.71. The van der Waals surface area contributed by atoms with Gasteiger partial charge >= 0.3 is 10.2 Å². The van der Waals surface area contributed by atoms with Gasteiger partial charge in [0.25, 0.3) is 5.91 Å². The second-order valence-corrected chi connectivity index (χ2v) is 7.20. The molecule has 2 N–H and O–H groups in total. The van der Waals surface area contributed by atoms with E-state index in [0.717, 1.165) is 23.0 Å². The number of hydrogen-bond donors (Lipinski definition) is 2. The van der Waals surface area contributed by atoms with Crippen LogP contribution in [0.15, 0.2) is 18.3 Å². The molecule has 1 aromatic carbocycles. The molecule has 0 atom stereocenters. The Hall–Kier alpha value is -2.83. The van der Waals surface area contributed by atoms with Crippen molar-refractivity contribution < 1.29 is 35.9 Å². The molecule has 0 unspecified atom stereocenters. The molecule has 3 rings (SSSR count). The van der Waals surface area contributed by atoms with Crippen LogP contribution in [0.1, 0.15) is 6.42 Å². The van der Waals surface area contributed by atoms with Crippen molar-refractivity contribution >= 4 is 21.8 Å². The van der Waals surface area contributed by atoms with Crippen LogP contribution in [0.5, 0.6) is 5.75 Å². The molecule has 13 heteroatoms. The highest BCUT2D eigenvalue weighted by atomic mass is 32.2. The fourth-order valence-corrected chi connectivity index (χ4v) is 3.73. The van der Waals surface area contributed by atoms with Gasteiger partial charge in [0.15, 0.2) is 5.82 Å². The molecular formula is C14H12F4N4O4S. The normalized spacial score (nSPS) is 16.2. The van der Waals surface area contributed by atoms with Crippen molar-refractivity contribution in [2.24, 2.45) is 0 Å². The molecule has 0 radical (unpaired) electrons. The molecule has 1 amide bonds. The Morgan fingerprint density at radius 2 is 1.96 bits per heavy atom. The molecule has 8 nitrogen and oxygen atoms in total. The van der Waals surface area contributed by atoms with Gasteiger partial charge in [-0.2, -0.15) is 12.8 Å². The van der Waals surface area contributed by atoms with Crippen LogP contribution in [-0.4, -0.2) is 42.2 Å². The Balaban J connectivity index is 2.05. The number of carbonyl (C=O) groups is 1.